The smallest absolute Gasteiger partial charge is 0.346 e. The first-order valence-electron chi connectivity index (χ1n) is 2.91. The Labute approximate surface area is 70.2 Å². The summed E-state index contributed by atoms with van der Waals surface area (Å²) in [7, 11) is 0. The third-order valence-corrected chi connectivity index (χ3v) is 0.604. The standard InChI is InChI=1S/C5H11.C2H5.Mg/c1-3-5-4-2;1-2;/h1,3-5H2,2H3;1H2,2H3;/q2*-1;+2. The zero-order valence-corrected chi connectivity index (χ0v) is 7.66. The number of rotatable bonds is 2. The van der Waals surface area contributed by atoms with E-state index < -0.39 is 0 Å². The maximum atomic E-state index is 3.68. The van der Waals surface area contributed by atoms with Gasteiger partial charge in [-0.15, -0.1) is 0 Å². The van der Waals surface area contributed by atoms with E-state index in [2.05, 4.69) is 20.8 Å². The SMILES string of the molecule is [CH2-]C.[CH2-]CCCC.[Mg+2]. The molecule has 0 spiro atoms. The minimum atomic E-state index is 0. The molecular weight excluding hydrogens is 108 g/mol. The van der Waals surface area contributed by atoms with Crippen molar-refractivity contribution in [3.8, 4) is 0 Å². The van der Waals surface area contributed by atoms with Gasteiger partial charge in [-0.05, 0) is 0 Å². The Morgan fingerprint density at radius 1 is 1.25 bits per heavy atom. The van der Waals surface area contributed by atoms with E-state index >= 15 is 0 Å². The van der Waals surface area contributed by atoms with Crippen molar-refractivity contribution in [1.29, 1.82) is 0 Å². The van der Waals surface area contributed by atoms with Crippen molar-refractivity contribution in [2.45, 2.75) is 33.1 Å². The molecule has 0 radical (unpaired) electrons. The van der Waals surface area contributed by atoms with Gasteiger partial charge in [0, 0.05) is 0 Å². The summed E-state index contributed by atoms with van der Waals surface area (Å²) in [5.74, 6) is 0. The molecule has 0 aromatic heterocycles. The Hall–Kier alpha value is 0.766. The second kappa shape index (κ2) is 25.1. The number of unbranched alkanes of at least 4 members (excludes halogenated alkanes) is 2. The quantitative estimate of drug-likeness (QED) is 0.392. The third kappa shape index (κ3) is 29.4. The molecule has 0 bridgehead atoms. The van der Waals surface area contributed by atoms with Gasteiger partial charge in [0.05, 0.1) is 0 Å². The van der Waals surface area contributed by atoms with Crippen LogP contribution in [0.25, 0.3) is 0 Å². The zero-order chi connectivity index (χ0) is 6.12. The largest absolute Gasteiger partial charge is 2.00 e. The summed E-state index contributed by atoms with van der Waals surface area (Å²) in [6.45, 7) is 10.8. The fourth-order valence-electron chi connectivity index (χ4n) is 0.250. The first-order valence-corrected chi connectivity index (χ1v) is 2.91. The van der Waals surface area contributed by atoms with Crippen molar-refractivity contribution >= 4 is 23.1 Å². The third-order valence-electron chi connectivity index (χ3n) is 0.604. The average Bonchev–Trinajstić information content (AvgIpc) is 1.75. The second-order valence-corrected chi connectivity index (χ2v) is 1.21. The van der Waals surface area contributed by atoms with Crippen LogP contribution >= 0.6 is 0 Å². The molecule has 0 unspecified atom stereocenters. The van der Waals surface area contributed by atoms with Crippen LogP contribution in [0.5, 0.6) is 0 Å². The first-order chi connectivity index (χ1) is 3.41. The molecule has 0 rings (SSSR count). The van der Waals surface area contributed by atoms with Gasteiger partial charge in [0.2, 0.25) is 0 Å². The summed E-state index contributed by atoms with van der Waals surface area (Å²) in [6, 6.07) is 0. The van der Waals surface area contributed by atoms with Crippen LogP contribution in [0, 0.1) is 13.8 Å². The van der Waals surface area contributed by atoms with E-state index in [0.29, 0.717) is 0 Å². The summed E-state index contributed by atoms with van der Waals surface area (Å²) >= 11 is 0. The Kier molecular flexibility index (Phi) is 49.8. The van der Waals surface area contributed by atoms with Gasteiger partial charge in [0.1, 0.15) is 0 Å². The normalized spacial score (nSPS) is 6.00. The van der Waals surface area contributed by atoms with Crippen molar-refractivity contribution in [2.75, 3.05) is 0 Å². The van der Waals surface area contributed by atoms with Crippen molar-refractivity contribution in [3.05, 3.63) is 13.8 Å². The van der Waals surface area contributed by atoms with Gasteiger partial charge in [-0.25, -0.2) is 0 Å². The summed E-state index contributed by atoms with van der Waals surface area (Å²) in [5.41, 5.74) is 0. The van der Waals surface area contributed by atoms with Crippen LogP contribution in [0.1, 0.15) is 33.1 Å². The van der Waals surface area contributed by atoms with Crippen molar-refractivity contribution in [2.24, 2.45) is 0 Å². The van der Waals surface area contributed by atoms with Crippen LogP contribution in [0.2, 0.25) is 0 Å². The predicted molar refractivity (Wildman–Crippen MR) is 41.7 cm³/mol. The molecule has 0 atom stereocenters. The topological polar surface area (TPSA) is 0 Å². The monoisotopic (exact) mass is 124 g/mol. The van der Waals surface area contributed by atoms with Gasteiger partial charge in [-0.1, -0.05) is 19.8 Å². The van der Waals surface area contributed by atoms with E-state index in [1.165, 1.54) is 12.8 Å². The van der Waals surface area contributed by atoms with Gasteiger partial charge in [0.15, 0.2) is 0 Å². The van der Waals surface area contributed by atoms with Crippen LogP contribution in [0.15, 0.2) is 0 Å². The van der Waals surface area contributed by atoms with E-state index in [0.717, 1.165) is 6.42 Å². The van der Waals surface area contributed by atoms with Gasteiger partial charge in [-0.2, -0.15) is 13.3 Å². The van der Waals surface area contributed by atoms with E-state index in [-0.39, 0.29) is 23.1 Å². The molecule has 0 saturated heterocycles. The molecule has 0 nitrogen and oxygen atoms in total. The second-order valence-electron chi connectivity index (χ2n) is 1.21. The summed E-state index contributed by atoms with van der Waals surface area (Å²) < 4.78 is 0. The van der Waals surface area contributed by atoms with Crippen LogP contribution < -0.4 is 0 Å². The number of hydrogen-bond donors (Lipinski definition) is 0. The predicted octanol–water partition coefficient (Wildman–Crippen LogP) is 2.47. The van der Waals surface area contributed by atoms with Gasteiger partial charge < -0.3 is 13.8 Å². The van der Waals surface area contributed by atoms with E-state index in [9.17, 15) is 0 Å². The molecule has 0 amide bonds. The summed E-state index contributed by atoms with van der Waals surface area (Å²) in [5, 5.41) is 0. The molecule has 0 aromatic rings. The van der Waals surface area contributed by atoms with Crippen LogP contribution in [0.3, 0.4) is 0 Å². The Bertz CT molecular complexity index is 11.9. The Balaban J connectivity index is -0.0000000750. The van der Waals surface area contributed by atoms with E-state index in [4.69, 9.17) is 0 Å². The van der Waals surface area contributed by atoms with E-state index in [1.54, 1.807) is 6.92 Å². The molecule has 1 heteroatoms. The average molecular weight is 125 g/mol. The van der Waals surface area contributed by atoms with Crippen molar-refractivity contribution in [3.63, 3.8) is 0 Å². The van der Waals surface area contributed by atoms with Gasteiger partial charge in [-0.3, -0.25) is 0 Å². The van der Waals surface area contributed by atoms with Crippen LogP contribution in [-0.2, 0) is 0 Å². The van der Waals surface area contributed by atoms with Crippen molar-refractivity contribution in [1.82, 2.24) is 0 Å². The Morgan fingerprint density at radius 2 is 1.62 bits per heavy atom. The summed E-state index contributed by atoms with van der Waals surface area (Å²) in [6.07, 6.45) is 3.65. The molecule has 0 aliphatic heterocycles. The molecule has 0 heterocycles. The van der Waals surface area contributed by atoms with Crippen LogP contribution in [-0.4, -0.2) is 23.1 Å². The molecule has 0 fully saturated rings. The summed E-state index contributed by atoms with van der Waals surface area (Å²) in [4.78, 5) is 0. The molecule has 0 aliphatic carbocycles. The molecule has 0 saturated carbocycles. The Morgan fingerprint density at radius 3 is 1.62 bits per heavy atom. The molecule has 8 heavy (non-hydrogen) atoms. The molecule has 46 valence electrons. The fraction of sp³-hybridized carbons (Fsp3) is 0.714. The zero-order valence-electron chi connectivity index (χ0n) is 6.24. The maximum absolute atomic E-state index is 3.68. The minimum absolute atomic E-state index is 0. The van der Waals surface area contributed by atoms with Crippen molar-refractivity contribution < 1.29 is 0 Å². The first kappa shape index (κ1) is 15.9. The van der Waals surface area contributed by atoms with E-state index in [1.807, 2.05) is 0 Å². The molecule has 0 N–H and O–H groups in total. The minimum Gasteiger partial charge on any atom is -0.346 e. The van der Waals surface area contributed by atoms with Gasteiger partial charge >= 0.3 is 23.1 Å². The number of hydrogen-bond acceptors (Lipinski definition) is 0. The fourth-order valence-corrected chi connectivity index (χ4v) is 0.250. The van der Waals surface area contributed by atoms with Crippen LogP contribution in [0.4, 0.5) is 0 Å². The molecule has 0 aromatic carbocycles. The van der Waals surface area contributed by atoms with Gasteiger partial charge in [0.25, 0.3) is 0 Å². The molecule has 0 aliphatic rings. The maximum Gasteiger partial charge on any atom is 2.00 e. The molecular formula is C7H16Mg.